The van der Waals surface area contributed by atoms with Crippen LogP contribution in [0.4, 0.5) is 0 Å². The first-order valence-electron chi connectivity index (χ1n) is 10.8. The first-order valence-corrected chi connectivity index (χ1v) is 10.8. The first-order chi connectivity index (χ1) is 17.7. The summed E-state index contributed by atoms with van der Waals surface area (Å²) in [7, 11) is 0. The summed E-state index contributed by atoms with van der Waals surface area (Å²) < 4.78 is 9.54. The summed E-state index contributed by atoms with van der Waals surface area (Å²) >= 11 is 0. The van der Waals surface area contributed by atoms with Crippen LogP contribution in [0.15, 0.2) is 54.6 Å². The maximum Gasteiger partial charge on any atom is 0.352 e. The molecular weight excluding hydrogens is 476 g/mol. The van der Waals surface area contributed by atoms with E-state index in [9.17, 15) is 29.4 Å². The molecule has 0 heterocycles. The maximum absolute atomic E-state index is 12.5. The van der Waals surface area contributed by atoms with Gasteiger partial charge in [-0.3, -0.25) is 0 Å². The number of aromatic carboxylic acids is 2. The zero-order chi connectivity index (χ0) is 27.1. The highest BCUT2D eigenvalue weighted by Crippen LogP contribution is 2.37. The zero-order valence-electron chi connectivity index (χ0n) is 20.0. The van der Waals surface area contributed by atoms with Crippen LogP contribution in [0.2, 0.25) is 0 Å². The van der Waals surface area contributed by atoms with E-state index in [4.69, 9.17) is 9.47 Å². The lowest BCUT2D eigenvalue weighted by Gasteiger charge is -2.18. The van der Waals surface area contributed by atoms with Gasteiger partial charge in [0.1, 0.15) is 12.2 Å². The van der Waals surface area contributed by atoms with Crippen LogP contribution in [0.25, 0.3) is 22.3 Å². The number of carbonyl (C=O) groups is 4. The van der Waals surface area contributed by atoms with Crippen LogP contribution in [0, 0.1) is 31.0 Å². The molecule has 0 fully saturated rings. The standard InChI is InChI=1S/C29H20O8/c1-4-14-36-28(34)20-10-6-18(7-11-20)23-16-22(26(30)31)17(3)24(25(23)27(32)33)19-8-12-21(13-9-19)29(35)37-15-5-2/h6-13,16H,1-3H3,(H,30,31)(H,32,33). The van der Waals surface area contributed by atoms with Gasteiger partial charge in [0.25, 0.3) is 0 Å². The van der Waals surface area contributed by atoms with Crippen molar-refractivity contribution in [2.45, 2.75) is 20.8 Å². The fraction of sp³-hybridized carbons (Fsp3) is 0.103. The summed E-state index contributed by atoms with van der Waals surface area (Å²) in [5.74, 6) is 0.998. The monoisotopic (exact) mass is 496 g/mol. The van der Waals surface area contributed by atoms with Crippen molar-refractivity contribution in [3.8, 4) is 46.3 Å². The lowest BCUT2D eigenvalue weighted by atomic mass is 9.85. The Hall–Kier alpha value is -5.34. The molecule has 184 valence electrons. The number of ether oxygens (including phenoxy) is 2. The Labute approximate surface area is 212 Å². The van der Waals surface area contributed by atoms with Gasteiger partial charge in [0.15, 0.2) is 0 Å². The van der Waals surface area contributed by atoms with Crippen molar-refractivity contribution in [3.05, 3.63) is 82.4 Å². The van der Waals surface area contributed by atoms with Gasteiger partial charge in [-0.25, -0.2) is 19.2 Å². The van der Waals surface area contributed by atoms with Crippen molar-refractivity contribution >= 4 is 23.9 Å². The predicted molar refractivity (Wildman–Crippen MR) is 134 cm³/mol. The van der Waals surface area contributed by atoms with Crippen LogP contribution < -0.4 is 0 Å². The van der Waals surface area contributed by atoms with Crippen LogP contribution in [0.3, 0.4) is 0 Å². The second-order valence-corrected chi connectivity index (χ2v) is 7.59. The van der Waals surface area contributed by atoms with Crippen LogP contribution in [-0.2, 0) is 9.47 Å². The van der Waals surface area contributed by atoms with Gasteiger partial charge < -0.3 is 19.7 Å². The number of carbonyl (C=O) groups excluding carboxylic acids is 2. The van der Waals surface area contributed by atoms with E-state index in [-0.39, 0.29) is 38.9 Å². The first kappa shape index (κ1) is 26.3. The average molecular weight is 496 g/mol. The van der Waals surface area contributed by atoms with Crippen LogP contribution in [0.5, 0.6) is 0 Å². The van der Waals surface area contributed by atoms with E-state index in [1.165, 1.54) is 75.4 Å². The third kappa shape index (κ3) is 5.67. The predicted octanol–water partition coefficient (Wildman–Crippen LogP) is 5.00. The van der Waals surface area contributed by atoms with Crippen LogP contribution in [-0.4, -0.2) is 34.1 Å². The molecule has 3 aromatic carbocycles. The second-order valence-electron chi connectivity index (χ2n) is 7.59. The van der Waals surface area contributed by atoms with E-state index in [2.05, 4.69) is 24.1 Å². The molecule has 0 amide bonds. The molecule has 0 aliphatic heterocycles. The quantitative estimate of drug-likeness (QED) is 0.361. The Morgan fingerprint density at radius 1 is 0.703 bits per heavy atom. The molecule has 0 unspecified atom stereocenters. The minimum atomic E-state index is -1.28. The van der Waals surface area contributed by atoms with Gasteiger partial charge in [0.2, 0.25) is 0 Å². The van der Waals surface area contributed by atoms with Gasteiger partial charge in [-0.05, 0) is 59.5 Å². The Morgan fingerprint density at radius 3 is 1.57 bits per heavy atom. The molecule has 0 bridgehead atoms. The van der Waals surface area contributed by atoms with Crippen LogP contribution >= 0.6 is 0 Å². The van der Waals surface area contributed by atoms with E-state index >= 15 is 0 Å². The van der Waals surface area contributed by atoms with E-state index in [0.29, 0.717) is 11.1 Å². The molecule has 0 saturated heterocycles. The Morgan fingerprint density at radius 2 is 1.16 bits per heavy atom. The summed E-state index contributed by atoms with van der Waals surface area (Å²) in [6.07, 6.45) is 4.43. The Bertz CT molecular complexity index is 1520. The highest BCUT2D eigenvalue weighted by molar-refractivity contribution is 6.07. The molecule has 0 aliphatic rings. The SMILES string of the molecule is CC#COC(=O)c1ccc(-c2cc(C(=O)O)c(C)c(-c3ccc(C(=O)OC#CC)cc3)c2C(=O)O)cc1. The Kier molecular flexibility index (Phi) is 8.09. The van der Waals surface area contributed by atoms with Gasteiger partial charge in [-0.2, -0.15) is 0 Å². The molecular formula is C29H20O8. The number of hydrogen-bond donors (Lipinski definition) is 2. The summed E-state index contributed by atoms with van der Waals surface area (Å²) in [5.41, 5.74) is 1.45. The normalized spacial score (nSPS) is 9.70. The molecule has 8 heteroatoms. The lowest BCUT2D eigenvalue weighted by Crippen LogP contribution is -2.10. The highest BCUT2D eigenvalue weighted by atomic mass is 16.5. The highest BCUT2D eigenvalue weighted by Gasteiger charge is 2.25. The molecule has 37 heavy (non-hydrogen) atoms. The third-order valence-corrected chi connectivity index (χ3v) is 5.36. The van der Waals surface area contributed by atoms with Gasteiger partial charge in [-0.15, -0.1) is 0 Å². The van der Waals surface area contributed by atoms with Crippen molar-refractivity contribution in [1.29, 1.82) is 0 Å². The molecule has 3 aromatic rings. The molecule has 0 aromatic heterocycles. The number of hydrogen-bond acceptors (Lipinski definition) is 6. The summed E-state index contributed by atoms with van der Waals surface area (Å²) in [5, 5.41) is 20.0. The molecule has 3 rings (SSSR count). The van der Waals surface area contributed by atoms with Gasteiger partial charge in [0.05, 0.1) is 22.3 Å². The number of esters is 2. The number of rotatable bonds is 6. The van der Waals surface area contributed by atoms with Crippen molar-refractivity contribution < 1.29 is 38.9 Å². The van der Waals surface area contributed by atoms with E-state index in [0.717, 1.165) is 0 Å². The Balaban J connectivity index is 2.20. The topological polar surface area (TPSA) is 127 Å². The molecule has 0 radical (unpaired) electrons. The molecule has 0 atom stereocenters. The second kappa shape index (κ2) is 11.4. The smallest absolute Gasteiger partial charge is 0.352 e. The van der Waals surface area contributed by atoms with Gasteiger partial charge in [-0.1, -0.05) is 36.1 Å². The van der Waals surface area contributed by atoms with Crippen molar-refractivity contribution in [2.24, 2.45) is 0 Å². The minimum absolute atomic E-state index is 0.0987. The zero-order valence-corrected chi connectivity index (χ0v) is 20.0. The fourth-order valence-corrected chi connectivity index (χ4v) is 3.69. The summed E-state index contributed by atoms with van der Waals surface area (Å²) in [6, 6.07) is 13.0. The van der Waals surface area contributed by atoms with E-state index < -0.39 is 23.9 Å². The molecule has 8 nitrogen and oxygen atoms in total. The number of carboxylic acids is 2. The van der Waals surface area contributed by atoms with E-state index in [1.807, 2.05) is 0 Å². The molecule has 2 N–H and O–H groups in total. The lowest BCUT2D eigenvalue weighted by molar-refractivity contribution is 0.0681. The molecule has 0 spiro atoms. The largest absolute Gasteiger partial charge is 0.478 e. The third-order valence-electron chi connectivity index (χ3n) is 5.36. The van der Waals surface area contributed by atoms with Crippen molar-refractivity contribution in [2.75, 3.05) is 0 Å². The van der Waals surface area contributed by atoms with Crippen molar-refractivity contribution in [1.82, 2.24) is 0 Å². The summed E-state index contributed by atoms with van der Waals surface area (Å²) in [4.78, 5) is 48.7. The number of benzene rings is 3. The van der Waals surface area contributed by atoms with Gasteiger partial charge in [0, 0.05) is 19.4 Å². The molecule has 0 aliphatic carbocycles. The van der Waals surface area contributed by atoms with Gasteiger partial charge >= 0.3 is 23.9 Å². The molecule has 0 saturated carbocycles. The minimum Gasteiger partial charge on any atom is -0.478 e. The van der Waals surface area contributed by atoms with Crippen molar-refractivity contribution in [3.63, 3.8) is 0 Å². The average Bonchev–Trinajstić information content (AvgIpc) is 2.89. The fourth-order valence-electron chi connectivity index (χ4n) is 3.69. The van der Waals surface area contributed by atoms with Crippen LogP contribution in [0.1, 0.15) is 60.8 Å². The van der Waals surface area contributed by atoms with E-state index in [1.54, 1.807) is 0 Å². The number of carboxylic acid groups (broad SMARTS) is 2. The maximum atomic E-state index is 12.5. The summed E-state index contributed by atoms with van der Waals surface area (Å²) in [6.45, 7) is 4.54.